The van der Waals surface area contributed by atoms with Crippen molar-refractivity contribution in [2.24, 2.45) is 4.99 Å². The van der Waals surface area contributed by atoms with E-state index in [1.807, 2.05) is 24.5 Å². The lowest BCUT2D eigenvalue weighted by Crippen LogP contribution is -2.23. The number of thiophene rings is 1. The van der Waals surface area contributed by atoms with Gasteiger partial charge in [0, 0.05) is 33.7 Å². The molecule has 2 aliphatic rings. The third-order valence-corrected chi connectivity index (χ3v) is 9.13. The molecule has 1 saturated carbocycles. The fraction of sp³-hybridized carbons (Fsp3) is 0.250. The van der Waals surface area contributed by atoms with Crippen LogP contribution in [0.1, 0.15) is 36.8 Å². The minimum absolute atomic E-state index is 0.101. The summed E-state index contributed by atoms with van der Waals surface area (Å²) in [7, 11) is -1.08. The van der Waals surface area contributed by atoms with Gasteiger partial charge in [0.25, 0.3) is 0 Å². The molecular weight excluding hydrogens is 422 g/mol. The summed E-state index contributed by atoms with van der Waals surface area (Å²) in [5.41, 5.74) is 10.7. The summed E-state index contributed by atoms with van der Waals surface area (Å²) in [6, 6.07) is 0. The molecule has 6 nitrogen and oxygen atoms in total. The van der Waals surface area contributed by atoms with E-state index in [-0.39, 0.29) is 11.1 Å². The van der Waals surface area contributed by atoms with Gasteiger partial charge in [0.05, 0.1) is 16.5 Å². The zero-order valence-electron chi connectivity index (χ0n) is 15.9. The Morgan fingerprint density at radius 1 is 1.48 bits per heavy atom. The van der Waals surface area contributed by atoms with Crippen molar-refractivity contribution in [1.29, 1.82) is 5.41 Å². The number of rotatable bonds is 5. The first-order valence-electron chi connectivity index (χ1n) is 9.15. The minimum Gasteiger partial charge on any atom is -0.396 e. The number of nitrogen functional groups attached to an aromatic ring is 1. The number of nitrogens with two attached hydrogens (primary N) is 1. The molecule has 1 unspecified atom stereocenters. The Morgan fingerprint density at radius 2 is 2.28 bits per heavy atom. The van der Waals surface area contributed by atoms with Crippen molar-refractivity contribution < 1.29 is 4.21 Å². The number of allylic oxidation sites excluding steroid dienone is 3. The van der Waals surface area contributed by atoms with E-state index in [1.54, 1.807) is 23.6 Å². The van der Waals surface area contributed by atoms with Gasteiger partial charge in [-0.05, 0) is 44.2 Å². The standard InChI is InChI=1S/C20H21N5OS3/c1-11(6-7-15(21)23-2)14-10-13(18-24-8-9-27-18)16-17(22)20(28-19(16)25-14)29(26)12-4-3-5-12/h6-10,12,21,25H,2-5,22H2,1H3. The van der Waals surface area contributed by atoms with E-state index in [2.05, 4.69) is 22.0 Å². The first-order valence-corrected chi connectivity index (χ1v) is 12.1. The number of aromatic nitrogens is 1. The molecule has 0 spiro atoms. The molecule has 1 aliphatic heterocycles. The van der Waals surface area contributed by atoms with E-state index in [1.165, 1.54) is 11.3 Å². The molecule has 1 aliphatic carbocycles. The van der Waals surface area contributed by atoms with Crippen LogP contribution < -0.4 is 11.1 Å². The summed E-state index contributed by atoms with van der Waals surface area (Å²) in [6.45, 7) is 5.32. The predicted molar refractivity (Wildman–Crippen MR) is 125 cm³/mol. The average molecular weight is 444 g/mol. The highest BCUT2D eigenvalue weighted by atomic mass is 32.2. The van der Waals surface area contributed by atoms with Gasteiger partial charge >= 0.3 is 0 Å². The van der Waals surface area contributed by atoms with Gasteiger partial charge in [0.2, 0.25) is 0 Å². The van der Waals surface area contributed by atoms with Crippen LogP contribution in [0, 0.1) is 5.41 Å². The van der Waals surface area contributed by atoms with Crippen LogP contribution in [0.5, 0.6) is 0 Å². The molecule has 0 amide bonds. The van der Waals surface area contributed by atoms with Crippen LogP contribution in [0.3, 0.4) is 0 Å². The number of hydrogen-bond acceptors (Lipinski definition) is 7. The van der Waals surface area contributed by atoms with Gasteiger partial charge in [-0.3, -0.25) is 9.62 Å². The molecular formula is C20H21N5OS3. The summed E-state index contributed by atoms with van der Waals surface area (Å²) in [6.07, 6.45) is 10.3. The Kier molecular flexibility index (Phi) is 5.62. The minimum atomic E-state index is -1.08. The van der Waals surface area contributed by atoms with Gasteiger partial charge in [0.15, 0.2) is 0 Å². The second-order valence-corrected chi connectivity index (χ2v) is 10.7. The van der Waals surface area contributed by atoms with Crippen molar-refractivity contribution in [3.05, 3.63) is 51.6 Å². The molecule has 1 fully saturated rings. The highest BCUT2D eigenvalue weighted by molar-refractivity contribution is 7.88. The van der Waals surface area contributed by atoms with Crippen LogP contribution in [-0.4, -0.2) is 27.0 Å². The molecule has 29 heavy (non-hydrogen) atoms. The zero-order chi connectivity index (χ0) is 20.5. The summed E-state index contributed by atoms with van der Waals surface area (Å²) in [5, 5.41) is 15.0. The van der Waals surface area contributed by atoms with Crippen molar-refractivity contribution in [3.63, 3.8) is 0 Å². The first kappa shape index (κ1) is 19.9. The van der Waals surface area contributed by atoms with E-state index >= 15 is 0 Å². The summed E-state index contributed by atoms with van der Waals surface area (Å²) >= 11 is 3.01. The molecule has 4 N–H and O–H groups in total. The Balaban J connectivity index is 1.80. The van der Waals surface area contributed by atoms with E-state index in [0.717, 1.165) is 55.9 Å². The maximum Gasteiger partial charge on any atom is 0.143 e. The van der Waals surface area contributed by atoms with Gasteiger partial charge in [-0.15, -0.1) is 22.7 Å². The number of hydrogen-bond donors (Lipinski definition) is 3. The molecule has 1 atom stereocenters. The van der Waals surface area contributed by atoms with Crippen LogP contribution in [-0.2, 0) is 10.8 Å². The summed E-state index contributed by atoms with van der Waals surface area (Å²) in [5.74, 6) is 0.101. The van der Waals surface area contributed by atoms with E-state index in [4.69, 9.17) is 11.1 Å². The molecule has 2 aromatic heterocycles. The van der Waals surface area contributed by atoms with E-state index in [9.17, 15) is 4.21 Å². The third kappa shape index (κ3) is 3.77. The fourth-order valence-corrected chi connectivity index (χ4v) is 7.03. The van der Waals surface area contributed by atoms with Crippen molar-refractivity contribution in [2.45, 2.75) is 35.6 Å². The first-order chi connectivity index (χ1) is 14.0. The van der Waals surface area contributed by atoms with Gasteiger partial charge in [-0.2, -0.15) is 0 Å². The number of fused-ring (bicyclic) bond motifs is 1. The monoisotopic (exact) mass is 443 g/mol. The van der Waals surface area contributed by atoms with Gasteiger partial charge in [-0.1, -0.05) is 12.5 Å². The number of nitrogens with one attached hydrogen (secondary N) is 2. The number of nitrogens with zero attached hydrogens (tertiary/aromatic N) is 2. The topological polar surface area (TPSA) is 104 Å². The highest BCUT2D eigenvalue weighted by Crippen LogP contribution is 2.49. The smallest absolute Gasteiger partial charge is 0.143 e. The van der Waals surface area contributed by atoms with E-state index < -0.39 is 10.8 Å². The quantitative estimate of drug-likeness (QED) is 0.455. The number of anilines is 2. The van der Waals surface area contributed by atoms with E-state index in [0.29, 0.717) is 5.69 Å². The fourth-order valence-electron chi connectivity index (χ4n) is 3.12. The molecule has 3 heterocycles. The highest BCUT2D eigenvalue weighted by Gasteiger charge is 2.32. The van der Waals surface area contributed by atoms with Crippen molar-refractivity contribution in [1.82, 2.24) is 4.98 Å². The Hall–Kier alpha value is -2.36. The normalized spacial score (nSPS) is 19.1. The zero-order valence-corrected chi connectivity index (χ0v) is 18.3. The number of aliphatic imine (C=N–C) groups is 1. The summed E-state index contributed by atoms with van der Waals surface area (Å²) < 4.78 is 13.8. The second-order valence-electron chi connectivity index (χ2n) is 6.85. The summed E-state index contributed by atoms with van der Waals surface area (Å²) in [4.78, 5) is 8.07. The molecule has 4 rings (SSSR count). The van der Waals surface area contributed by atoms with Gasteiger partial charge in [-0.25, -0.2) is 9.98 Å². The van der Waals surface area contributed by atoms with Crippen LogP contribution in [0.25, 0.3) is 5.57 Å². The molecule has 0 radical (unpaired) electrons. The Labute approximate surface area is 179 Å². The molecule has 0 aromatic carbocycles. The van der Waals surface area contributed by atoms with Crippen LogP contribution in [0.4, 0.5) is 10.7 Å². The maximum atomic E-state index is 13.0. The van der Waals surface area contributed by atoms with Crippen LogP contribution in [0.2, 0.25) is 0 Å². The molecule has 150 valence electrons. The number of thiazole rings is 1. The molecule has 9 heteroatoms. The lowest BCUT2D eigenvalue weighted by molar-refractivity contribution is 0.505. The van der Waals surface area contributed by atoms with Crippen LogP contribution >= 0.6 is 22.7 Å². The second kappa shape index (κ2) is 8.17. The van der Waals surface area contributed by atoms with Crippen molar-refractivity contribution >= 4 is 62.3 Å². The molecule has 2 aromatic rings. The molecule has 0 saturated heterocycles. The lowest BCUT2D eigenvalue weighted by Gasteiger charge is -2.23. The Bertz CT molecular complexity index is 1090. The maximum absolute atomic E-state index is 13.0. The Morgan fingerprint density at radius 3 is 2.90 bits per heavy atom. The van der Waals surface area contributed by atoms with Gasteiger partial charge in [0.1, 0.15) is 20.1 Å². The van der Waals surface area contributed by atoms with Crippen molar-refractivity contribution in [2.75, 3.05) is 11.1 Å². The third-order valence-electron chi connectivity index (χ3n) is 5.00. The lowest BCUT2D eigenvalue weighted by atomic mass is 10.00. The SMILES string of the molecule is C=NC(=N)C=CC(C)=C1C=C(c2nccs2)c2c(sc(S(=O)C3CCC3)c2N)N1. The predicted octanol–water partition coefficient (Wildman–Crippen LogP) is 4.81. The van der Waals surface area contributed by atoms with Crippen LogP contribution in [0.15, 0.2) is 50.3 Å². The van der Waals surface area contributed by atoms with Crippen molar-refractivity contribution in [3.8, 4) is 0 Å². The average Bonchev–Trinajstić information content (AvgIpc) is 3.32. The largest absolute Gasteiger partial charge is 0.396 e. The van der Waals surface area contributed by atoms with Gasteiger partial charge < -0.3 is 11.1 Å². The number of amidine groups is 1. The molecule has 0 bridgehead atoms.